The maximum absolute atomic E-state index is 5.52. The van der Waals surface area contributed by atoms with Gasteiger partial charge in [0.1, 0.15) is 0 Å². The van der Waals surface area contributed by atoms with Gasteiger partial charge >= 0.3 is 0 Å². The number of aromatic nitrogens is 2. The molecule has 0 unspecified atom stereocenters. The van der Waals surface area contributed by atoms with Gasteiger partial charge in [0.25, 0.3) is 0 Å². The highest BCUT2D eigenvalue weighted by Crippen LogP contribution is 2.29. The molecule has 1 atom stereocenters. The summed E-state index contributed by atoms with van der Waals surface area (Å²) < 4.78 is 1.98. The number of nitrogens with zero attached hydrogens (tertiary/aromatic N) is 2. The largest absolute Gasteiger partial charge is 0.356 e. The molecule has 1 aliphatic rings. The highest BCUT2D eigenvalue weighted by molar-refractivity contribution is 7.80. The number of aryl methyl sites for hydroxylation is 3. The Morgan fingerprint density at radius 2 is 2.05 bits per heavy atom. The van der Waals surface area contributed by atoms with E-state index in [0.717, 1.165) is 24.9 Å². The molecule has 116 valence electrons. The molecule has 0 radical (unpaired) electrons. The fourth-order valence-corrected chi connectivity index (χ4v) is 3.42. The molecule has 1 heterocycles. The van der Waals surface area contributed by atoms with E-state index in [9.17, 15) is 0 Å². The first-order valence-corrected chi connectivity index (χ1v) is 8.11. The summed E-state index contributed by atoms with van der Waals surface area (Å²) in [5, 5.41) is 11.9. The van der Waals surface area contributed by atoms with Gasteiger partial charge in [-0.15, -0.1) is 0 Å². The van der Waals surface area contributed by atoms with Crippen LogP contribution in [-0.2, 0) is 13.5 Å². The second-order valence-corrected chi connectivity index (χ2v) is 6.39. The van der Waals surface area contributed by atoms with Crippen LogP contribution < -0.4 is 10.6 Å². The second-order valence-electron chi connectivity index (χ2n) is 5.98. The molecule has 0 fully saturated rings. The maximum atomic E-state index is 5.52. The number of hydrogen-bond acceptors (Lipinski definition) is 2. The Hall–Kier alpha value is -1.88. The predicted molar refractivity (Wildman–Crippen MR) is 94.2 cm³/mol. The summed E-state index contributed by atoms with van der Waals surface area (Å²) in [4.78, 5) is 0. The molecule has 2 aromatic rings. The zero-order valence-corrected chi connectivity index (χ0v) is 14.1. The van der Waals surface area contributed by atoms with Crippen molar-refractivity contribution in [1.29, 1.82) is 0 Å². The summed E-state index contributed by atoms with van der Waals surface area (Å²) >= 11 is 5.52. The van der Waals surface area contributed by atoms with Gasteiger partial charge in [-0.3, -0.25) is 4.68 Å². The van der Waals surface area contributed by atoms with Crippen molar-refractivity contribution >= 4 is 23.0 Å². The molecular weight excluding hydrogens is 292 g/mol. The average molecular weight is 314 g/mol. The van der Waals surface area contributed by atoms with E-state index in [-0.39, 0.29) is 6.04 Å². The van der Waals surface area contributed by atoms with Crippen LogP contribution in [0.2, 0.25) is 0 Å². The molecule has 4 nitrogen and oxygen atoms in total. The van der Waals surface area contributed by atoms with Crippen molar-refractivity contribution < 1.29 is 0 Å². The lowest BCUT2D eigenvalue weighted by atomic mass is 9.93. The molecule has 0 saturated heterocycles. The van der Waals surface area contributed by atoms with Crippen LogP contribution in [0.25, 0.3) is 0 Å². The quantitative estimate of drug-likeness (QED) is 0.834. The Morgan fingerprint density at radius 1 is 1.32 bits per heavy atom. The first-order valence-electron chi connectivity index (χ1n) is 7.70. The molecule has 2 N–H and O–H groups in total. The van der Waals surface area contributed by atoms with Crippen molar-refractivity contribution in [1.82, 2.24) is 15.1 Å². The third-order valence-corrected chi connectivity index (χ3v) is 4.62. The molecule has 3 rings (SSSR count). The molecule has 1 aromatic carbocycles. The highest BCUT2D eigenvalue weighted by atomic mass is 32.1. The minimum atomic E-state index is 0.252. The van der Waals surface area contributed by atoms with Crippen LogP contribution in [0, 0.1) is 13.8 Å². The van der Waals surface area contributed by atoms with E-state index in [4.69, 9.17) is 12.2 Å². The predicted octanol–water partition coefficient (Wildman–Crippen LogP) is 3.40. The summed E-state index contributed by atoms with van der Waals surface area (Å²) in [6.45, 7) is 4.19. The molecular formula is C17H22N4S. The van der Waals surface area contributed by atoms with Gasteiger partial charge in [-0.2, -0.15) is 5.10 Å². The van der Waals surface area contributed by atoms with E-state index in [0.29, 0.717) is 5.11 Å². The number of benzene rings is 1. The number of rotatable bonds is 2. The van der Waals surface area contributed by atoms with Gasteiger partial charge in [0, 0.05) is 24.0 Å². The van der Waals surface area contributed by atoms with Crippen molar-refractivity contribution in [3.63, 3.8) is 0 Å². The molecule has 1 aliphatic carbocycles. The molecule has 0 amide bonds. The van der Waals surface area contributed by atoms with E-state index in [2.05, 4.69) is 47.8 Å². The number of fused-ring (bicyclic) bond motifs is 1. The lowest BCUT2D eigenvalue weighted by Crippen LogP contribution is -2.34. The minimum absolute atomic E-state index is 0.252. The van der Waals surface area contributed by atoms with E-state index in [1.807, 2.05) is 17.9 Å². The van der Waals surface area contributed by atoms with Crippen LogP contribution in [0.15, 0.2) is 24.4 Å². The van der Waals surface area contributed by atoms with E-state index < -0.39 is 0 Å². The number of anilines is 1. The highest BCUT2D eigenvalue weighted by Gasteiger charge is 2.24. The fourth-order valence-electron chi connectivity index (χ4n) is 3.18. The van der Waals surface area contributed by atoms with Crippen LogP contribution in [0.4, 0.5) is 5.69 Å². The lowest BCUT2D eigenvalue weighted by Gasteiger charge is -2.25. The van der Waals surface area contributed by atoms with Crippen molar-refractivity contribution in [2.24, 2.45) is 7.05 Å². The second kappa shape index (κ2) is 6.08. The summed E-state index contributed by atoms with van der Waals surface area (Å²) in [6, 6.07) is 6.51. The molecule has 0 spiro atoms. The van der Waals surface area contributed by atoms with Gasteiger partial charge in [0.2, 0.25) is 0 Å². The zero-order chi connectivity index (χ0) is 15.7. The van der Waals surface area contributed by atoms with E-state index in [1.165, 1.54) is 22.4 Å². The van der Waals surface area contributed by atoms with Gasteiger partial charge in [-0.05, 0) is 56.5 Å². The topological polar surface area (TPSA) is 41.9 Å². The van der Waals surface area contributed by atoms with Gasteiger partial charge in [0.15, 0.2) is 5.11 Å². The monoisotopic (exact) mass is 314 g/mol. The van der Waals surface area contributed by atoms with Gasteiger partial charge in [0.05, 0.1) is 12.2 Å². The molecule has 5 heteroatoms. The molecule has 22 heavy (non-hydrogen) atoms. The van der Waals surface area contributed by atoms with Crippen molar-refractivity contribution in [2.45, 2.75) is 39.2 Å². The third kappa shape index (κ3) is 2.86. The lowest BCUT2D eigenvalue weighted by molar-refractivity contribution is 0.514. The van der Waals surface area contributed by atoms with Crippen molar-refractivity contribution in [2.75, 3.05) is 5.32 Å². The third-order valence-electron chi connectivity index (χ3n) is 4.40. The first-order chi connectivity index (χ1) is 10.6. The smallest absolute Gasteiger partial charge is 0.171 e. The Bertz CT molecular complexity index is 684. The Kier molecular flexibility index (Phi) is 4.16. The summed E-state index contributed by atoms with van der Waals surface area (Å²) in [5.41, 5.74) is 6.10. The van der Waals surface area contributed by atoms with E-state index >= 15 is 0 Å². The van der Waals surface area contributed by atoms with Crippen molar-refractivity contribution in [3.8, 4) is 0 Å². The summed E-state index contributed by atoms with van der Waals surface area (Å²) in [7, 11) is 2.01. The average Bonchev–Trinajstić information content (AvgIpc) is 2.86. The summed E-state index contributed by atoms with van der Waals surface area (Å²) in [6.07, 6.45) is 5.32. The Balaban J connectivity index is 1.73. The normalized spacial score (nSPS) is 17.0. The number of nitrogens with one attached hydrogen (secondary N) is 2. The first kappa shape index (κ1) is 15.0. The maximum Gasteiger partial charge on any atom is 0.171 e. The van der Waals surface area contributed by atoms with Crippen LogP contribution in [0.3, 0.4) is 0 Å². The Morgan fingerprint density at radius 3 is 2.77 bits per heavy atom. The zero-order valence-electron chi connectivity index (χ0n) is 13.3. The van der Waals surface area contributed by atoms with Crippen LogP contribution >= 0.6 is 12.2 Å². The molecule has 0 bridgehead atoms. The van der Waals surface area contributed by atoms with E-state index in [1.54, 1.807) is 0 Å². The standard InChI is InChI=1S/C17H22N4S/c1-11-6-4-7-12(2)16(11)20-17(22)19-14-8-5-9-15-13(14)10-18-21(15)3/h4,6-7,10,14H,5,8-9H2,1-3H3,(H2,19,20,22)/t14-/m0/s1. The van der Waals surface area contributed by atoms with Gasteiger partial charge in [-0.25, -0.2) is 0 Å². The summed E-state index contributed by atoms with van der Waals surface area (Å²) in [5.74, 6) is 0. The minimum Gasteiger partial charge on any atom is -0.356 e. The van der Waals surface area contributed by atoms with Crippen LogP contribution in [0.5, 0.6) is 0 Å². The van der Waals surface area contributed by atoms with Crippen LogP contribution in [-0.4, -0.2) is 14.9 Å². The van der Waals surface area contributed by atoms with Gasteiger partial charge in [-0.1, -0.05) is 18.2 Å². The molecule has 0 aliphatic heterocycles. The SMILES string of the molecule is Cc1cccc(C)c1NC(=S)N[C@H]1CCCc2c1cnn2C. The number of thiocarbonyl (C=S) groups is 1. The Labute approximate surface area is 136 Å². The van der Waals surface area contributed by atoms with Crippen molar-refractivity contribution in [3.05, 3.63) is 46.8 Å². The molecule has 0 saturated carbocycles. The van der Waals surface area contributed by atoms with Gasteiger partial charge < -0.3 is 10.6 Å². The number of hydrogen-bond donors (Lipinski definition) is 2. The molecule has 1 aromatic heterocycles. The fraction of sp³-hybridized carbons (Fsp3) is 0.412. The van der Waals surface area contributed by atoms with Crippen LogP contribution in [0.1, 0.15) is 41.3 Å². The number of para-hydroxylation sites is 1.